The highest BCUT2D eigenvalue weighted by Crippen LogP contribution is 2.25. The molecule has 100 valence electrons. The van der Waals surface area contributed by atoms with Crippen molar-refractivity contribution >= 4 is 34.7 Å². The topological polar surface area (TPSA) is 68.0 Å². The largest absolute Gasteiger partial charge is 0.330 e. The van der Waals surface area contributed by atoms with Crippen LogP contribution in [0.25, 0.3) is 0 Å². The summed E-state index contributed by atoms with van der Waals surface area (Å²) in [6.07, 6.45) is 2.69. The minimum absolute atomic E-state index is 0.180. The van der Waals surface area contributed by atoms with Crippen LogP contribution < -0.4 is 11.1 Å². The van der Waals surface area contributed by atoms with Gasteiger partial charge in [0.15, 0.2) is 0 Å². The normalized spacial score (nSPS) is 10.4. The Kier molecular flexibility index (Phi) is 4.95. The molecule has 1 heterocycles. The molecular weight excluding hydrogens is 278 g/mol. The van der Waals surface area contributed by atoms with Gasteiger partial charge in [0.1, 0.15) is 5.69 Å². The molecule has 3 N–H and O–H groups in total. The Bertz CT molecular complexity index is 569. The van der Waals surface area contributed by atoms with E-state index in [1.165, 1.54) is 11.3 Å². The van der Waals surface area contributed by atoms with Crippen LogP contribution in [-0.2, 0) is 6.42 Å². The number of hydrogen-bond donors (Lipinski definition) is 2. The summed E-state index contributed by atoms with van der Waals surface area (Å²) in [7, 11) is 0. The van der Waals surface area contributed by atoms with E-state index < -0.39 is 0 Å². The van der Waals surface area contributed by atoms with Crippen molar-refractivity contribution in [3.63, 3.8) is 0 Å². The zero-order valence-corrected chi connectivity index (χ0v) is 12.2. The molecular formula is C13H15N3OS2. The van der Waals surface area contributed by atoms with Gasteiger partial charge in [-0.25, -0.2) is 4.98 Å². The second-order valence-electron chi connectivity index (χ2n) is 3.82. The first-order chi connectivity index (χ1) is 9.24. The third kappa shape index (κ3) is 3.56. The second-order valence-corrected chi connectivity index (χ2v) is 5.61. The Labute approximate surface area is 120 Å². The number of benzene rings is 1. The molecule has 0 saturated carbocycles. The molecule has 4 nitrogen and oxygen atoms in total. The van der Waals surface area contributed by atoms with Crippen molar-refractivity contribution in [2.45, 2.75) is 11.3 Å². The fourth-order valence-electron chi connectivity index (χ4n) is 1.59. The number of carbonyl (C=O) groups is 1. The maximum Gasteiger partial charge on any atom is 0.275 e. The van der Waals surface area contributed by atoms with E-state index in [4.69, 9.17) is 5.73 Å². The minimum Gasteiger partial charge on any atom is -0.330 e. The van der Waals surface area contributed by atoms with Crippen LogP contribution in [-0.4, -0.2) is 23.7 Å². The summed E-state index contributed by atoms with van der Waals surface area (Å²) in [4.78, 5) is 17.4. The second kappa shape index (κ2) is 6.70. The molecule has 0 atom stereocenters. The number of carbonyl (C=O) groups excluding carboxylic acids is 1. The first-order valence-electron chi connectivity index (χ1n) is 5.83. The van der Waals surface area contributed by atoms with Crippen LogP contribution in [0.15, 0.2) is 34.5 Å². The SMILES string of the molecule is CSc1ccccc1NC(=O)c1csc(CCN)n1. The average molecular weight is 293 g/mol. The maximum absolute atomic E-state index is 12.1. The van der Waals surface area contributed by atoms with Gasteiger partial charge in [-0.15, -0.1) is 23.1 Å². The van der Waals surface area contributed by atoms with Crippen LogP contribution in [0.4, 0.5) is 5.69 Å². The molecule has 6 heteroatoms. The average Bonchev–Trinajstić information content (AvgIpc) is 2.88. The number of rotatable bonds is 5. The van der Waals surface area contributed by atoms with E-state index >= 15 is 0 Å². The molecule has 0 fully saturated rings. The third-order valence-corrected chi connectivity index (χ3v) is 4.20. The zero-order chi connectivity index (χ0) is 13.7. The van der Waals surface area contributed by atoms with Crippen LogP contribution in [0.1, 0.15) is 15.5 Å². The predicted molar refractivity (Wildman–Crippen MR) is 81.0 cm³/mol. The van der Waals surface area contributed by atoms with Gasteiger partial charge >= 0.3 is 0 Å². The highest BCUT2D eigenvalue weighted by Gasteiger charge is 2.12. The number of thiazole rings is 1. The fourth-order valence-corrected chi connectivity index (χ4v) is 2.94. The highest BCUT2D eigenvalue weighted by atomic mass is 32.2. The number of anilines is 1. The lowest BCUT2D eigenvalue weighted by Gasteiger charge is -2.07. The van der Waals surface area contributed by atoms with Gasteiger partial charge in [-0.05, 0) is 24.9 Å². The Balaban J connectivity index is 2.11. The van der Waals surface area contributed by atoms with Crippen LogP contribution in [0.2, 0.25) is 0 Å². The van der Waals surface area contributed by atoms with Crippen LogP contribution in [0.3, 0.4) is 0 Å². The number of nitrogens with zero attached hydrogens (tertiary/aromatic N) is 1. The van der Waals surface area contributed by atoms with Crippen LogP contribution in [0.5, 0.6) is 0 Å². The summed E-state index contributed by atoms with van der Waals surface area (Å²) in [5.41, 5.74) is 6.73. The molecule has 0 spiro atoms. The lowest BCUT2D eigenvalue weighted by atomic mass is 10.3. The molecule has 19 heavy (non-hydrogen) atoms. The smallest absolute Gasteiger partial charge is 0.275 e. The van der Waals surface area contributed by atoms with Crippen molar-refractivity contribution in [2.24, 2.45) is 5.73 Å². The fraction of sp³-hybridized carbons (Fsp3) is 0.231. The van der Waals surface area contributed by atoms with Gasteiger partial charge in [-0.2, -0.15) is 0 Å². The van der Waals surface area contributed by atoms with E-state index in [0.717, 1.165) is 15.6 Å². The molecule has 1 amide bonds. The molecule has 0 radical (unpaired) electrons. The van der Waals surface area contributed by atoms with Crippen molar-refractivity contribution in [1.29, 1.82) is 0 Å². The van der Waals surface area contributed by atoms with Gasteiger partial charge < -0.3 is 11.1 Å². The number of hydrogen-bond acceptors (Lipinski definition) is 5. The molecule has 1 aromatic carbocycles. The first kappa shape index (κ1) is 14.0. The van der Waals surface area contributed by atoms with Crippen LogP contribution >= 0.6 is 23.1 Å². The van der Waals surface area contributed by atoms with E-state index in [1.807, 2.05) is 30.5 Å². The van der Waals surface area contributed by atoms with E-state index in [9.17, 15) is 4.79 Å². The monoisotopic (exact) mass is 293 g/mol. The van der Waals surface area contributed by atoms with Gasteiger partial charge in [0.2, 0.25) is 0 Å². The molecule has 0 aliphatic heterocycles. The number of aromatic nitrogens is 1. The molecule has 2 aromatic rings. The first-order valence-corrected chi connectivity index (χ1v) is 7.94. The Morgan fingerprint density at radius 1 is 1.47 bits per heavy atom. The molecule has 0 aliphatic carbocycles. The van der Waals surface area contributed by atoms with Gasteiger partial charge in [-0.1, -0.05) is 12.1 Å². The Hall–Kier alpha value is -1.37. The van der Waals surface area contributed by atoms with E-state index in [1.54, 1.807) is 17.1 Å². The lowest BCUT2D eigenvalue weighted by Crippen LogP contribution is -2.13. The number of thioether (sulfide) groups is 1. The van der Waals surface area contributed by atoms with Gasteiger partial charge in [0.25, 0.3) is 5.91 Å². The highest BCUT2D eigenvalue weighted by molar-refractivity contribution is 7.98. The summed E-state index contributed by atoms with van der Waals surface area (Å²) < 4.78 is 0. The lowest BCUT2D eigenvalue weighted by molar-refractivity contribution is 0.102. The predicted octanol–water partition coefficient (Wildman–Crippen LogP) is 2.62. The molecule has 0 bridgehead atoms. The Morgan fingerprint density at radius 2 is 2.26 bits per heavy atom. The van der Waals surface area contributed by atoms with Crippen LogP contribution in [0, 0.1) is 0 Å². The third-order valence-electron chi connectivity index (χ3n) is 2.50. The van der Waals surface area contributed by atoms with Gasteiger partial charge in [-0.3, -0.25) is 4.79 Å². The van der Waals surface area contributed by atoms with E-state index in [0.29, 0.717) is 18.7 Å². The molecule has 0 unspecified atom stereocenters. The quantitative estimate of drug-likeness (QED) is 0.832. The van der Waals surface area contributed by atoms with Crippen molar-refractivity contribution < 1.29 is 4.79 Å². The summed E-state index contributed by atoms with van der Waals surface area (Å²) >= 11 is 3.06. The summed E-state index contributed by atoms with van der Waals surface area (Å²) in [5, 5.41) is 5.55. The number of amides is 1. The van der Waals surface area contributed by atoms with Crippen molar-refractivity contribution in [3.8, 4) is 0 Å². The molecule has 0 saturated heterocycles. The zero-order valence-electron chi connectivity index (χ0n) is 10.6. The summed E-state index contributed by atoms with van der Waals surface area (Å²) in [6, 6.07) is 7.71. The standard InChI is InChI=1S/C13H15N3OS2/c1-18-11-5-3-2-4-9(11)16-13(17)10-8-19-12(15-10)6-7-14/h2-5,8H,6-7,14H2,1H3,(H,16,17). The number of nitrogens with two attached hydrogens (primary N) is 1. The van der Waals surface area contributed by atoms with Crippen molar-refractivity contribution in [3.05, 3.63) is 40.3 Å². The van der Waals surface area contributed by atoms with Crippen molar-refractivity contribution in [2.75, 3.05) is 18.1 Å². The minimum atomic E-state index is -0.180. The Morgan fingerprint density at radius 3 is 3.00 bits per heavy atom. The molecule has 0 aliphatic rings. The van der Waals surface area contributed by atoms with Gasteiger partial charge in [0, 0.05) is 16.7 Å². The summed E-state index contributed by atoms with van der Waals surface area (Å²) in [6.45, 7) is 0.546. The maximum atomic E-state index is 12.1. The van der Waals surface area contributed by atoms with Crippen molar-refractivity contribution in [1.82, 2.24) is 4.98 Å². The number of nitrogens with one attached hydrogen (secondary N) is 1. The summed E-state index contributed by atoms with van der Waals surface area (Å²) in [5.74, 6) is -0.180. The van der Waals surface area contributed by atoms with Gasteiger partial charge in [0.05, 0.1) is 10.7 Å². The molecule has 1 aromatic heterocycles. The van der Waals surface area contributed by atoms with E-state index in [2.05, 4.69) is 10.3 Å². The number of para-hydroxylation sites is 1. The molecule has 2 rings (SSSR count). The van der Waals surface area contributed by atoms with E-state index in [-0.39, 0.29) is 5.91 Å².